The first-order valence-corrected chi connectivity index (χ1v) is 8.20. The molecule has 0 rings (SSSR count). The summed E-state index contributed by atoms with van der Waals surface area (Å²) in [5, 5.41) is 11.3. The number of hydrogen-bond acceptors (Lipinski definition) is 4. The molecule has 0 aliphatic carbocycles. The van der Waals surface area contributed by atoms with Crippen LogP contribution in [0.1, 0.15) is 78.1 Å². The van der Waals surface area contributed by atoms with E-state index in [4.69, 9.17) is 0 Å². The van der Waals surface area contributed by atoms with Gasteiger partial charge in [-0.05, 0) is 25.2 Å². The van der Waals surface area contributed by atoms with Crippen LogP contribution < -0.4 is 34.7 Å². The Labute approximate surface area is 157 Å². The van der Waals surface area contributed by atoms with Gasteiger partial charge < -0.3 is 9.84 Å². The number of ketones is 1. The van der Waals surface area contributed by atoms with E-state index >= 15 is 0 Å². The Morgan fingerprint density at radius 2 is 1.41 bits per heavy atom. The van der Waals surface area contributed by atoms with E-state index in [2.05, 4.69) is 11.7 Å². The van der Waals surface area contributed by atoms with Crippen LogP contribution in [0.3, 0.4) is 0 Å². The quantitative estimate of drug-likeness (QED) is 0.161. The second-order valence-electron chi connectivity index (χ2n) is 5.27. The standard InChI is InChI=1S/C17H30O4.Na/c1-3-5-6-7-8-9-10-11-12-13-15(18)14-16(19)17(20)21-4-2;/h14,19H,3-13H2,1-2H3;/q;+1/p-1. The third-order valence-corrected chi connectivity index (χ3v) is 3.30. The second kappa shape index (κ2) is 17.0. The topological polar surface area (TPSA) is 66.4 Å². The van der Waals surface area contributed by atoms with Gasteiger partial charge in [0.15, 0.2) is 5.78 Å². The van der Waals surface area contributed by atoms with Gasteiger partial charge in [-0.1, -0.05) is 58.3 Å². The van der Waals surface area contributed by atoms with Crippen molar-refractivity contribution in [3.8, 4) is 0 Å². The van der Waals surface area contributed by atoms with Gasteiger partial charge in [0.05, 0.1) is 6.61 Å². The maximum absolute atomic E-state index is 11.5. The smallest absolute Gasteiger partial charge is 0.868 e. The van der Waals surface area contributed by atoms with Crippen molar-refractivity contribution in [1.82, 2.24) is 0 Å². The zero-order chi connectivity index (χ0) is 15.9. The molecule has 122 valence electrons. The molecule has 5 heteroatoms. The van der Waals surface area contributed by atoms with Crippen LogP contribution in [0.5, 0.6) is 0 Å². The molecular formula is C17H29NaO4. The van der Waals surface area contributed by atoms with Gasteiger partial charge in [0.1, 0.15) is 0 Å². The fourth-order valence-corrected chi connectivity index (χ4v) is 2.09. The molecule has 4 nitrogen and oxygen atoms in total. The number of carbonyl (C=O) groups is 2. The summed E-state index contributed by atoms with van der Waals surface area (Å²) in [6.07, 6.45) is 11.8. The number of rotatable bonds is 13. The monoisotopic (exact) mass is 320 g/mol. The van der Waals surface area contributed by atoms with E-state index in [1.807, 2.05) is 0 Å². The Hall–Kier alpha value is -0.320. The van der Waals surface area contributed by atoms with E-state index in [-0.39, 0.29) is 41.9 Å². The van der Waals surface area contributed by atoms with Crippen molar-refractivity contribution in [3.63, 3.8) is 0 Å². The molecule has 0 aromatic heterocycles. The van der Waals surface area contributed by atoms with Crippen LogP contribution in [-0.4, -0.2) is 18.4 Å². The molecule has 0 amide bonds. The third kappa shape index (κ3) is 14.6. The van der Waals surface area contributed by atoms with Gasteiger partial charge in [-0.3, -0.25) is 4.79 Å². The number of carbonyl (C=O) groups excluding carboxylic acids is 2. The number of esters is 1. The van der Waals surface area contributed by atoms with Gasteiger partial charge in [-0.15, -0.1) is 0 Å². The zero-order valence-corrected chi connectivity index (χ0v) is 16.5. The number of hydrogen-bond donors (Lipinski definition) is 0. The van der Waals surface area contributed by atoms with Gasteiger partial charge in [-0.2, -0.15) is 0 Å². The molecule has 0 aromatic carbocycles. The summed E-state index contributed by atoms with van der Waals surface area (Å²) in [6, 6.07) is 0. The van der Waals surface area contributed by atoms with Gasteiger partial charge in [-0.25, -0.2) is 4.79 Å². The molecule has 0 aliphatic rings. The summed E-state index contributed by atoms with van der Waals surface area (Å²) in [5.41, 5.74) is 0. The summed E-state index contributed by atoms with van der Waals surface area (Å²) >= 11 is 0. The van der Waals surface area contributed by atoms with Crippen molar-refractivity contribution in [3.05, 3.63) is 11.8 Å². The maximum atomic E-state index is 11.5. The largest absolute Gasteiger partial charge is 1.00 e. The molecule has 0 bridgehead atoms. The molecule has 0 saturated carbocycles. The minimum atomic E-state index is -0.946. The fraction of sp³-hybridized carbons (Fsp3) is 0.765. The van der Waals surface area contributed by atoms with Gasteiger partial charge in [0, 0.05) is 6.42 Å². The van der Waals surface area contributed by atoms with Gasteiger partial charge in [0.2, 0.25) is 0 Å². The first kappa shape index (κ1) is 23.9. The average molecular weight is 320 g/mol. The van der Waals surface area contributed by atoms with E-state index in [1.165, 1.54) is 38.5 Å². The van der Waals surface area contributed by atoms with Crippen LogP contribution in [0.4, 0.5) is 0 Å². The molecule has 0 aliphatic heterocycles. The maximum Gasteiger partial charge on any atom is 1.00 e. The summed E-state index contributed by atoms with van der Waals surface area (Å²) in [5.74, 6) is -2.08. The Balaban J connectivity index is 0. The van der Waals surface area contributed by atoms with E-state index in [0.717, 1.165) is 25.3 Å². The molecule has 0 unspecified atom stereocenters. The predicted octanol–water partition coefficient (Wildman–Crippen LogP) is 0.288. The van der Waals surface area contributed by atoms with Crippen LogP contribution in [0.2, 0.25) is 0 Å². The molecule has 0 atom stereocenters. The minimum absolute atomic E-state index is 0. The predicted molar refractivity (Wildman–Crippen MR) is 81.6 cm³/mol. The van der Waals surface area contributed by atoms with E-state index < -0.39 is 11.7 Å². The Morgan fingerprint density at radius 1 is 0.909 bits per heavy atom. The van der Waals surface area contributed by atoms with Crippen LogP contribution >= 0.6 is 0 Å². The van der Waals surface area contributed by atoms with Crippen molar-refractivity contribution >= 4 is 11.8 Å². The molecule has 0 radical (unpaired) electrons. The summed E-state index contributed by atoms with van der Waals surface area (Å²) in [7, 11) is 0. The van der Waals surface area contributed by atoms with Crippen LogP contribution in [-0.2, 0) is 14.3 Å². The third-order valence-electron chi connectivity index (χ3n) is 3.30. The second-order valence-corrected chi connectivity index (χ2v) is 5.27. The van der Waals surface area contributed by atoms with Crippen LogP contribution in [0.15, 0.2) is 11.8 Å². The van der Waals surface area contributed by atoms with Crippen LogP contribution in [0.25, 0.3) is 0 Å². The molecule has 22 heavy (non-hydrogen) atoms. The molecule has 0 aromatic rings. The van der Waals surface area contributed by atoms with E-state index in [9.17, 15) is 14.7 Å². The first-order valence-electron chi connectivity index (χ1n) is 8.20. The van der Waals surface area contributed by atoms with E-state index in [1.54, 1.807) is 6.92 Å². The number of ether oxygens (including phenoxy) is 1. The number of allylic oxidation sites excluding steroid dienone is 1. The van der Waals surface area contributed by atoms with Gasteiger partial charge >= 0.3 is 35.5 Å². The minimum Gasteiger partial charge on any atom is -0.868 e. The van der Waals surface area contributed by atoms with Crippen molar-refractivity contribution in [2.45, 2.75) is 78.1 Å². The Morgan fingerprint density at radius 3 is 1.91 bits per heavy atom. The Kier molecular flexibility index (Phi) is 18.5. The van der Waals surface area contributed by atoms with Crippen molar-refractivity contribution in [2.75, 3.05) is 6.61 Å². The molecule has 0 N–H and O–H groups in total. The summed E-state index contributed by atoms with van der Waals surface area (Å²) < 4.78 is 4.53. The average Bonchev–Trinajstić information content (AvgIpc) is 2.45. The zero-order valence-electron chi connectivity index (χ0n) is 14.5. The molecular weight excluding hydrogens is 291 g/mol. The van der Waals surface area contributed by atoms with E-state index in [0.29, 0.717) is 6.42 Å². The SMILES string of the molecule is CCCCCCCCCCCC(=O)C=C([O-])C(=O)OCC.[Na+]. The molecule has 0 spiro atoms. The summed E-state index contributed by atoms with van der Waals surface area (Å²) in [6.45, 7) is 3.97. The normalized spacial score (nSPS) is 10.9. The number of unbranched alkanes of at least 4 members (excludes halogenated alkanes) is 8. The van der Waals surface area contributed by atoms with Crippen molar-refractivity contribution in [1.29, 1.82) is 0 Å². The van der Waals surface area contributed by atoms with Gasteiger partial charge in [0.25, 0.3) is 0 Å². The van der Waals surface area contributed by atoms with Crippen molar-refractivity contribution in [2.24, 2.45) is 0 Å². The Bertz CT molecular complexity index is 327. The fourth-order valence-electron chi connectivity index (χ4n) is 2.09. The molecule has 0 saturated heterocycles. The van der Waals surface area contributed by atoms with Crippen molar-refractivity contribution < 1.29 is 49.0 Å². The molecule has 0 heterocycles. The molecule has 0 fully saturated rings. The summed E-state index contributed by atoms with van der Waals surface area (Å²) in [4.78, 5) is 22.5. The first-order chi connectivity index (χ1) is 10.1. The van der Waals surface area contributed by atoms with Crippen LogP contribution in [0, 0.1) is 0 Å².